The molecule has 2 fully saturated rings. The molecule has 6 heterocycles. The number of carbonyl (C=O) groups excluding carboxylic acids is 1. The van der Waals surface area contributed by atoms with Crippen LogP contribution in [0.15, 0.2) is 60.9 Å². The Morgan fingerprint density at radius 2 is 0.953 bits per heavy atom. The van der Waals surface area contributed by atoms with E-state index in [0.717, 1.165) is 153 Å². The van der Waals surface area contributed by atoms with Crippen molar-refractivity contribution in [1.82, 2.24) is 39.3 Å². The standard InChI is InChI=1S/C29H32F4N6O3.C23H32N6O3.C6H2F4O/c1-2-3-7-39-17-20-19-5-4-18(15-23(19)35-29(34)27(20)36-39)38-10-8-37(9-11-38)12-14-41-13-6-24(40)42-28-25(32)21(30)16-22(31)26(28)33;1-2-3-7-29-16-19-18-5-4-17(15-20(18)25-23(24)22(19)26-29)28-10-8-27(9-11-28)12-14-32-13-6-21(30)31;7-2-1-3(8)5(10)6(11)4(2)9/h4-5,15-17H,2-3,6-14H2,1H3,(H2,34,35);4-5,15-16H,2-3,6-14H2,1H3,(H2,24,25)(H,30,31);1,11H. The summed E-state index contributed by atoms with van der Waals surface area (Å²) in [6.45, 7) is 15.5. The zero-order valence-electron chi connectivity index (χ0n) is 46.9. The van der Waals surface area contributed by atoms with E-state index in [9.17, 15) is 44.7 Å². The quantitative estimate of drug-likeness (QED) is 0.0173. The number of aryl methyl sites for hydroxylation is 2. The molecule has 6 N–H and O–H groups in total. The number of piperazine rings is 2. The minimum atomic E-state index is -1.79. The zero-order chi connectivity index (χ0) is 60.9. The van der Waals surface area contributed by atoms with Crippen molar-refractivity contribution >= 4 is 78.6 Å². The van der Waals surface area contributed by atoms with Crippen LogP contribution in [-0.2, 0) is 32.2 Å². The highest BCUT2D eigenvalue weighted by atomic mass is 19.2. The van der Waals surface area contributed by atoms with Crippen LogP contribution in [0.3, 0.4) is 0 Å². The van der Waals surface area contributed by atoms with Crippen LogP contribution >= 0.6 is 0 Å². The number of halogens is 8. The largest absolute Gasteiger partial charge is 0.503 e. The lowest BCUT2D eigenvalue weighted by molar-refractivity contribution is -0.138. The maximum Gasteiger partial charge on any atom is 0.313 e. The molecule has 0 unspecified atom stereocenters. The fourth-order valence-corrected chi connectivity index (χ4v) is 9.66. The summed E-state index contributed by atoms with van der Waals surface area (Å²) < 4.78 is 122. The molecule has 0 aliphatic carbocycles. The highest BCUT2D eigenvalue weighted by molar-refractivity contribution is 6.09. The van der Waals surface area contributed by atoms with Crippen LogP contribution in [0.2, 0.25) is 0 Å². The third kappa shape index (κ3) is 15.8. The molecule has 2 aliphatic heterocycles. The van der Waals surface area contributed by atoms with E-state index in [2.05, 4.69) is 101 Å². The number of pyridine rings is 2. The van der Waals surface area contributed by atoms with Gasteiger partial charge in [0.1, 0.15) is 11.0 Å². The molecule has 0 atom stereocenters. The van der Waals surface area contributed by atoms with Gasteiger partial charge in [-0.3, -0.25) is 28.8 Å². The van der Waals surface area contributed by atoms with Crippen molar-refractivity contribution in [3.8, 4) is 11.5 Å². The molecule has 0 spiro atoms. The number of phenols is 1. The lowest BCUT2D eigenvalue weighted by Gasteiger charge is -2.36. The number of nitrogens with zero attached hydrogens (tertiary/aromatic N) is 10. The first kappa shape index (κ1) is 62.9. The SMILES string of the molecule is CCCCn1cc2c(n1)c(N)nc1cc(N3CCN(CCOCCC(=O)O)CC3)ccc12.CCCCn1cc2c(n1)c(N)nc1cc(N3CCN(CCOCCC(=O)Oc4c(F)c(F)cc(F)c4F)CC3)ccc12.Oc1c(F)c(F)cc(F)c1F. The number of unbranched alkanes of at least 4 members (excludes halogenated alkanes) is 2. The number of aromatic nitrogens is 6. The fourth-order valence-electron chi connectivity index (χ4n) is 9.66. The number of nitrogen functional groups attached to an aromatic ring is 2. The molecule has 85 heavy (non-hydrogen) atoms. The Bertz CT molecular complexity index is 3580. The van der Waals surface area contributed by atoms with Gasteiger partial charge in [-0.05, 0) is 37.1 Å². The van der Waals surface area contributed by atoms with E-state index in [0.29, 0.717) is 31.4 Å². The summed E-state index contributed by atoms with van der Waals surface area (Å²) in [6, 6.07) is 12.7. The van der Waals surface area contributed by atoms with E-state index in [-0.39, 0.29) is 38.2 Å². The monoisotopic (exact) mass is 1190 g/mol. The molecule has 27 heteroatoms. The molecule has 10 rings (SSSR count). The van der Waals surface area contributed by atoms with Crippen LogP contribution < -0.4 is 26.0 Å². The molecular weight excluding hydrogens is 1130 g/mol. The van der Waals surface area contributed by atoms with Crippen molar-refractivity contribution in [3.63, 3.8) is 0 Å². The van der Waals surface area contributed by atoms with Crippen LogP contribution in [0, 0.1) is 46.5 Å². The second kappa shape index (κ2) is 29.1. The summed E-state index contributed by atoms with van der Waals surface area (Å²) in [5, 5.41) is 30.4. The lowest BCUT2D eigenvalue weighted by Crippen LogP contribution is -2.47. The normalized spacial score (nSPS) is 14.0. The maximum atomic E-state index is 13.7. The van der Waals surface area contributed by atoms with Crippen LogP contribution in [0.1, 0.15) is 52.4 Å². The fraction of sp³-hybridized carbons (Fsp3) is 0.414. The average molecular weight is 1200 g/mol. The Morgan fingerprint density at radius 3 is 1.36 bits per heavy atom. The van der Waals surface area contributed by atoms with Crippen LogP contribution in [0.4, 0.5) is 58.1 Å². The van der Waals surface area contributed by atoms with Crippen molar-refractivity contribution in [2.24, 2.45) is 0 Å². The van der Waals surface area contributed by atoms with Crippen molar-refractivity contribution in [1.29, 1.82) is 0 Å². The van der Waals surface area contributed by atoms with Gasteiger partial charge in [0.25, 0.3) is 0 Å². The van der Waals surface area contributed by atoms with Gasteiger partial charge in [0.2, 0.25) is 29.0 Å². The third-order valence-corrected chi connectivity index (χ3v) is 14.4. The average Bonchev–Trinajstić information content (AvgIpc) is 2.11. The Morgan fingerprint density at radius 1 is 0.541 bits per heavy atom. The number of nitrogens with two attached hydrogens (primary N) is 2. The Kier molecular flexibility index (Phi) is 21.5. The second-order valence-electron chi connectivity index (χ2n) is 20.3. The molecule has 19 nitrogen and oxygen atoms in total. The molecule has 0 bridgehead atoms. The Hall–Kier alpha value is -8.14. The van der Waals surface area contributed by atoms with Crippen LogP contribution in [0.5, 0.6) is 11.5 Å². The molecular formula is C58H66F8N12O7. The molecule has 2 aliphatic rings. The maximum absolute atomic E-state index is 13.7. The number of hydrogen-bond acceptors (Lipinski definition) is 16. The molecule has 456 valence electrons. The van der Waals surface area contributed by atoms with Crippen molar-refractivity contribution in [3.05, 3.63) is 107 Å². The van der Waals surface area contributed by atoms with Gasteiger partial charge < -0.3 is 45.7 Å². The number of aliphatic carboxylic acids is 1. The topological polar surface area (TPSA) is 229 Å². The first-order valence-electron chi connectivity index (χ1n) is 27.8. The molecule has 0 amide bonds. The summed E-state index contributed by atoms with van der Waals surface area (Å²) in [7, 11) is 0. The molecule has 0 saturated carbocycles. The van der Waals surface area contributed by atoms with Gasteiger partial charge in [0.15, 0.2) is 40.7 Å². The number of ether oxygens (including phenoxy) is 3. The van der Waals surface area contributed by atoms with E-state index in [1.165, 1.54) is 0 Å². The minimum absolute atomic E-state index is 0.0182. The van der Waals surface area contributed by atoms with E-state index in [1.54, 1.807) is 0 Å². The summed E-state index contributed by atoms with van der Waals surface area (Å²) in [5.74, 6) is -17.7. The second-order valence-corrected chi connectivity index (χ2v) is 20.3. The molecule has 8 aromatic rings. The zero-order valence-corrected chi connectivity index (χ0v) is 46.9. The van der Waals surface area contributed by atoms with Gasteiger partial charge in [0.05, 0.1) is 50.3 Å². The van der Waals surface area contributed by atoms with Crippen LogP contribution in [-0.4, -0.2) is 153 Å². The smallest absolute Gasteiger partial charge is 0.313 e. The number of fused-ring (bicyclic) bond motifs is 6. The van der Waals surface area contributed by atoms with Gasteiger partial charge in [-0.15, -0.1) is 0 Å². The van der Waals surface area contributed by atoms with Crippen molar-refractivity contribution in [2.45, 2.75) is 65.5 Å². The first-order chi connectivity index (χ1) is 40.8. The van der Waals surface area contributed by atoms with Gasteiger partial charge in [-0.2, -0.15) is 27.8 Å². The summed E-state index contributed by atoms with van der Waals surface area (Å²) >= 11 is 0. The van der Waals surface area contributed by atoms with E-state index < -0.39 is 70.0 Å². The number of aromatic hydroxyl groups is 1. The van der Waals surface area contributed by atoms with Crippen LogP contribution in [0.25, 0.3) is 43.6 Å². The summed E-state index contributed by atoms with van der Waals surface area (Å²) in [4.78, 5) is 40.9. The lowest BCUT2D eigenvalue weighted by atomic mass is 10.1. The summed E-state index contributed by atoms with van der Waals surface area (Å²) in [6.07, 6.45) is 8.19. The molecule has 4 aromatic carbocycles. The molecule has 4 aromatic heterocycles. The van der Waals surface area contributed by atoms with E-state index in [4.69, 9.17) is 31.2 Å². The van der Waals surface area contributed by atoms with E-state index in [1.807, 2.05) is 15.6 Å². The highest BCUT2D eigenvalue weighted by Gasteiger charge is 2.25. The first-order valence-corrected chi connectivity index (χ1v) is 27.8. The van der Waals surface area contributed by atoms with Gasteiger partial charge >= 0.3 is 11.9 Å². The van der Waals surface area contributed by atoms with Crippen molar-refractivity contribution in [2.75, 3.05) is 113 Å². The number of rotatable bonds is 21. The van der Waals surface area contributed by atoms with Gasteiger partial charge in [-0.25, -0.2) is 27.5 Å². The Balaban J connectivity index is 0.000000192. The predicted molar refractivity (Wildman–Crippen MR) is 304 cm³/mol. The Labute approximate surface area is 483 Å². The number of anilines is 4. The number of carbonyl (C=O) groups is 2. The number of phenolic OH excluding ortho intramolecular Hbond substituents is 1. The number of hydrogen-bond donors (Lipinski definition) is 4. The summed E-state index contributed by atoms with van der Waals surface area (Å²) in [5.41, 5.74) is 17.9. The number of carboxylic acids is 1. The number of esters is 1. The molecule has 2 saturated heterocycles. The third-order valence-electron chi connectivity index (χ3n) is 14.4. The minimum Gasteiger partial charge on any atom is -0.503 e. The predicted octanol–water partition coefficient (Wildman–Crippen LogP) is 9.19. The van der Waals surface area contributed by atoms with Gasteiger partial charge in [-0.1, -0.05) is 38.8 Å². The molecule has 0 radical (unpaired) electrons. The van der Waals surface area contributed by atoms with Gasteiger partial charge in [0, 0.05) is 136 Å². The van der Waals surface area contributed by atoms with E-state index >= 15 is 0 Å². The van der Waals surface area contributed by atoms with Crippen molar-refractivity contribution < 1.29 is 69.1 Å². The number of benzene rings is 4. The number of carboxylic acid groups (broad SMARTS) is 1. The highest BCUT2D eigenvalue weighted by Crippen LogP contribution is 2.33.